The summed E-state index contributed by atoms with van der Waals surface area (Å²) < 4.78 is 3.02. The van der Waals surface area contributed by atoms with E-state index in [0.717, 1.165) is 0 Å². The Morgan fingerprint density at radius 3 is 0.734 bits per heavy atom. The maximum absolute atomic E-state index is 2.52. The SMILES string of the molecule is CCCCCCc1cc(C)sc1-c1sc(-c2sc(C)cc2CCCCCC)c2c1SC(=C1Sc3c(-c4sc(C)cc4CCCCCC)sc(-c4sc(C)cc4CCCCCC)c3S1)S2. The van der Waals surface area contributed by atoms with Gasteiger partial charge < -0.3 is 0 Å². The number of aryl methyl sites for hydroxylation is 8. The summed E-state index contributed by atoms with van der Waals surface area (Å²) >= 11 is 20.9. The van der Waals surface area contributed by atoms with Crippen LogP contribution < -0.4 is 0 Å². The molecule has 2 aliphatic rings. The normalized spacial score (nSPS) is 13.6. The Bertz CT molecular complexity index is 2180. The number of fused-ring (bicyclic) bond motifs is 2. The van der Waals surface area contributed by atoms with Gasteiger partial charge in [-0.2, -0.15) is 0 Å². The Kier molecular flexibility index (Phi) is 18.5. The highest BCUT2D eigenvalue weighted by atomic mass is 32.2. The molecule has 0 aromatic carbocycles. The molecule has 8 heterocycles. The fraction of sp³-hybridized carbons (Fsp3) is 0.519. The van der Waals surface area contributed by atoms with Crippen LogP contribution in [0.5, 0.6) is 0 Å². The number of thioether (sulfide) groups is 4. The van der Waals surface area contributed by atoms with Gasteiger partial charge in [0.05, 0.1) is 28.0 Å². The van der Waals surface area contributed by atoms with Crippen LogP contribution in [0.3, 0.4) is 0 Å². The molecule has 0 N–H and O–H groups in total. The summed E-state index contributed by atoms with van der Waals surface area (Å²) in [6.45, 7) is 18.7. The van der Waals surface area contributed by atoms with Crippen molar-refractivity contribution < 1.29 is 0 Å². The van der Waals surface area contributed by atoms with Crippen molar-refractivity contribution in [2.24, 2.45) is 0 Å². The molecule has 8 rings (SSSR count). The Hall–Kier alpha value is -0.660. The summed E-state index contributed by atoms with van der Waals surface area (Å²) in [4.78, 5) is 24.3. The lowest BCUT2D eigenvalue weighted by Gasteiger charge is -2.08. The summed E-state index contributed by atoms with van der Waals surface area (Å²) in [5.41, 5.74) is 6.32. The van der Waals surface area contributed by atoms with Gasteiger partial charge >= 0.3 is 0 Å². The van der Waals surface area contributed by atoms with Gasteiger partial charge in [0.1, 0.15) is 0 Å². The maximum Gasteiger partial charge on any atom is 0.0707 e. The third kappa shape index (κ3) is 11.5. The summed E-state index contributed by atoms with van der Waals surface area (Å²) in [5.74, 6) is 0. The molecule has 10 heteroatoms. The molecule has 0 aliphatic carbocycles. The van der Waals surface area contributed by atoms with Crippen LogP contribution in [0.1, 0.15) is 172 Å². The van der Waals surface area contributed by atoms with Crippen LogP contribution in [0, 0.1) is 27.7 Å². The second kappa shape index (κ2) is 23.8. The highest BCUT2D eigenvalue weighted by Crippen LogP contribution is 2.70. The minimum absolute atomic E-state index is 1.19. The topological polar surface area (TPSA) is 0 Å². The molecule has 6 aromatic rings. The first kappa shape index (κ1) is 49.8. The Balaban J connectivity index is 1.21. The molecular formula is C54H68S10. The van der Waals surface area contributed by atoms with E-state index in [-0.39, 0.29) is 0 Å². The molecule has 0 spiro atoms. The zero-order chi connectivity index (χ0) is 44.7. The van der Waals surface area contributed by atoms with Crippen molar-refractivity contribution >= 4 is 115 Å². The predicted octanol–water partition coefficient (Wildman–Crippen LogP) is 22.7. The van der Waals surface area contributed by atoms with Gasteiger partial charge in [-0.05, 0) is 126 Å². The second-order valence-electron chi connectivity index (χ2n) is 17.9. The molecule has 0 unspecified atom stereocenters. The molecular weight excluding hydrogens is 969 g/mol. The molecule has 6 aromatic heterocycles. The largest absolute Gasteiger partial charge is 0.139 e. The zero-order valence-corrected chi connectivity index (χ0v) is 47.7. The first-order chi connectivity index (χ1) is 31.2. The maximum atomic E-state index is 2.52. The minimum Gasteiger partial charge on any atom is -0.139 e. The third-order valence-corrected chi connectivity index (χ3v) is 26.1. The van der Waals surface area contributed by atoms with Crippen molar-refractivity contribution in [2.75, 3.05) is 0 Å². The summed E-state index contributed by atoms with van der Waals surface area (Å²) in [5, 5.41) is 0. The van der Waals surface area contributed by atoms with Crippen LogP contribution in [0.2, 0.25) is 0 Å². The number of unbranched alkanes of at least 4 members (excludes halogenated alkanes) is 12. The van der Waals surface area contributed by atoms with E-state index in [2.05, 4.69) is 149 Å². The van der Waals surface area contributed by atoms with Gasteiger partial charge in [-0.3, -0.25) is 0 Å². The van der Waals surface area contributed by atoms with Crippen LogP contribution in [0.15, 0.2) is 52.3 Å². The first-order valence-corrected chi connectivity index (χ1v) is 32.5. The van der Waals surface area contributed by atoms with Crippen molar-refractivity contribution in [1.82, 2.24) is 0 Å². The summed E-state index contributed by atoms with van der Waals surface area (Å²) in [6.07, 6.45) is 25.7. The Morgan fingerprint density at radius 1 is 0.281 bits per heavy atom. The molecule has 0 radical (unpaired) electrons. The molecule has 0 amide bonds. The van der Waals surface area contributed by atoms with Crippen molar-refractivity contribution in [3.8, 4) is 39.0 Å². The van der Waals surface area contributed by atoms with Crippen LogP contribution in [0.25, 0.3) is 39.0 Å². The lowest BCUT2D eigenvalue weighted by molar-refractivity contribution is 0.668. The van der Waals surface area contributed by atoms with Crippen molar-refractivity contribution in [3.05, 3.63) is 74.5 Å². The Morgan fingerprint density at radius 2 is 0.516 bits per heavy atom. The van der Waals surface area contributed by atoms with Crippen molar-refractivity contribution in [1.29, 1.82) is 0 Å². The monoisotopic (exact) mass is 1040 g/mol. The Labute approximate surface area is 427 Å². The van der Waals surface area contributed by atoms with Crippen LogP contribution in [-0.2, 0) is 25.7 Å². The van der Waals surface area contributed by atoms with E-state index in [1.807, 2.05) is 45.3 Å². The lowest BCUT2D eigenvalue weighted by atomic mass is 10.1. The predicted molar refractivity (Wildman–Crippen MR) is 303 cm³/mol. The van der Waals surface area contributed by atoms with Gasteiger partial charge in [-0.25, -0.2) is 0 Å². The van der Waals surface area contributed by atoms with Gasteiger partial charge in [0.2, 0.25) is 0 Å². The molecule has 0 nitrogen and oxygen atoms in total. The van der Waals surface area contributed by atoms with Gasteiger partial charge in [0, 0.05) is 58.6 Å². The number of thiophene rings is 6. The average Bonchev–Trinajstić information content (AvgIpc) is 4.14. The van der Waals surface area contributed by atoms with Gasteiger partial charge in [0.25, 0.3) is 0 Å². The van der Waals surface area contributed by atoms with E-state index in [1.54, 1.807) is 41.8 Å². The van der Waals surface area contributed by atoms with Gasteiger partial charge in [-0.1, -0.05) is 152 Å². The van der Waals surface area contributed by atoms with Gasteiger partial charge in [0.15, 0.2) is 0 Å². The van der Waals surface area contributed by atoms with E-state index >= 15 is 0 Å². The smallest absolute Gasteiger partial charge is 0.0707 e. The zero-order valence-electron chi connectivity index (χ0n) is 39.5. The lowest BCUT2D eigenvalue weighted by Crippen LogP contribution is -1.86. The minimum atomic E-state index is 1.19. The van der Waals surface area contributed by atoms with Crippen LogP contribution >= 0.6 is 115 Å². The standard InChI is InChI=1S/C54H68S10/c1-9-13-17-21-25-37-29-33(5)55-41(37)45-49-50(46(59-45)42-38(30-34(6)56-42)26-22-18-14-10-2)62-53(61-49)54-63-51-47(43-39(31-35(7)57-43)27-23-19-15-11-3)60-48(52(51)64-54)44-40(32-36(8)58-44)28-24-20-16-12-4/h29-32H,9-28H2,1-8H3. The highest BCUT2D eigenvalue weighted by molar-refractivity contribution is 8.30. The number of hydrogen-bond acceptors (Lipinski definition) is 10. The van der Waals surface area contributed by atoms with E-state index in [9.17, 15) is 0 Å². The molecule has 64 heavy (non-hydrogen) atoms. The summed E-state index contributed by atoms with van der Waals surface area (Å²) in [7, 11) is 0. The van der Waals surface area contributed by atoms with Crippen LogP contribution in [-0.4, -0.2) is 0 Å². The van der Waals surface area contributed by atoms with E-state index < -0.39 is 0 Å². The van der Waals surface area contributed by atoms with E-state index in [0.29, 0.717) is 0 Å². The highest BCUT2D eigenvalue weighted by Gasteiger charge is 2.38. The number of hydrogen-bond donors (Lipinski definition) is 0. The quantitative estimate of drug-likeness (QED) is 0.0554. The number of rotatable bonds is 24. The van der Waals surface area contributed by atoms with Crippen LogP contribution in [0.4, 0.5) is 0 Å². The van der Waals surface area contributed by atoms with E-state index in [4.69, 9.17) is 0 Å². The second-order valence-corrected chi connectivity index (χ2v) is 29.6. The fourth-order valence-corrected chi connectivity index (χ4v) is 23.2. The molecule has 0 fully saturated rings. The molecule has 2 aliphatic heterocycles. The molecule has 0 atom stereocenters. The fourth-order valence-electron chi connectivity index (χ4n) is 9.10. The molecule has 0 saturated carbocycles. The molecule has 344 valence electrons. The average molecular weight is 1040 g/mol. The van der Waals surface area contributed by atoms with Crippen molar-refractivity contribution in [2.45, 2.75) is 203 Å². The molecule has 0 saturated heterocycles. The van der Waals surface area contributed by atoms with Crippen molar-refractivity contribution in [3.63, 3.8) is 0 Å². The molecule has 0 bridgehead atoms. The first-order valence-electron chi connectivity index (χ1n) is 24.4. The van der Waals surface area contributed by atoms with Gasteiger partial charge in [-0.15, -0.1) is 68.0 Å². The van der Waals surface area contributed by atoms with E-state index in [1.165, 1.54) is 195 Å². The summed E-state index contributed by atoms with van der Waals surface area (Å²) in [6, 6.07) is 10.1. The third-order valence-electron chi connectivity index (χ3n) is 12.3.